The first-order valence-corrected chi connectivity index (χ1v) is 11.3. The standard InChI is InChI=1S/C22H21BrN2O4S/c1-16-6-12-21(13-7-16)30(27,28)25(19-4-3-5-20(14-19)29-2)15-22(26)24-18-10-8-17(23)9-11-18/h3-14H,15H2,1-2H3,(H,24,26). The molecule has 8 heteroatoms. The average molecular weight is 489 g/mol. The van der Waals surface area contributed by atoms with Gasteiger partial charge in [-0.15, -0.1) is 0 Å². The molecule has 0 saturated carbocycles. The van der Waals surface area contributed by atoms with Crippen LogP contribution in [-0.4, -0.2) is 28.0 Å². The number of sulfonamides is 1. The molecule has 0 fully saturated rings. The van der Waals surface area contributed by atoms with Crippen LogP contribution in [0.2, 0.25) is 0 Å². The summed E-state index contributed by atoms with van der Waals surface area (Å²) in [5, 5.41) is 2.73. The Morgan fingerprint density at radius 3 is 2.33 bits per heavy atom. The third-order valence-corrected chi connectivity index (χ3v) is 6.68. The largest absolute Gasteiger partial charge is 0.497 e. The van der Waals surface area contributed by atoms with E-state index in [1.807, 2.05) is 6.92 Å². The van der Waals surface area contributed by atoms with Crippen molar-refractivity contribution < 1.29 is 17.9 Å². The molecule has 0 heterocycles. The van der Waals surface area contributed by atoms with Crippen molar-refractivity contribution in [1.29, 1.82) is 0 Å². The maximum Gasteiger partial charge on any atom is 0.264 e. The van der Waals surface area contributed by atoms with Crippen molar-refractivity contribution in [3.8, 4) is 5.75 Å². The van der Waals surface area contributed by atoms with Crippen molar-refractivity contribution in [1.82, 2.24) is 0 Å². The smallest absolute Gasteiger partial charge is 0.264 e. The van der Waals surface area contributed by atoms with Gasteiger partial charge in [0.1, 0.15) is 12.3 Å². The van der Waals surface area contributed by atoms with Crippen molar-refractivity contribution in [3.63, 3.8) is 0 Å². The summed E-state index contributed by atoms with van der Waals surface area (Å²) in [6, 6.07) is 20.1. The van der Waals surface area contributed by atoms with E-state index in [1.54, 1.807) is 60.7 Å². The van der Waals surface area contributed by atoms with E-state index < -0.39 is 15.9 Å². The van der Waals surface area contributed by atoms with Gasteiger partial charge in [0.25, 0.3) is 10.0 Å². The summed E-state index contributed by atoms with van der Waals surface area (Å²) in [6.07, 6.45) is 0. The number of carbonyl (C=O) groups is 1. The number of nitrogens with zero attached hydrogens (tertiary/aromatic N) is 1. The number of amides is 1. The fraction of sp³-hybridized carbons (Fsp3) is 0.136. The number of halogens is 1. The predicted molar refractivity (Wildman–Crippen MR) is 121 cm³/mol. The molecule has 0 bridgehead atoms. The summed E-state index contributed by atoms with van der Waals surface area (Å²) >= 11 is 3.34. The Hall–Kier alpha value is -2.84. The number of rotatable bonds is 7. The highest BCUT2D eigenvalue weighted by Crippen LogP contribution is 2.27. The lowest BCUT2D eigenvalue weighted by molar-refractivity contribution is -0.114. The highest BCUT2D eigenvalue weighted by Gasteiger charge is 2.27. The van der Waals surface area contributed by atoms with Gasteiger partial charge in [0.05, 0.1) is 17.7 Å². The van der Waals surface area contributed by atoms with E-state index >= 15 is 0 Å². The molecule has 1 amide bonds. The number of nitrogens with one attached hydrogen (secondary N) is 1. The Balaban J connectivity index is 1.95. The third-order valence-electron chi connectivity index (χ3n) is 4.37. The van der Waals surface area contributed by atoms with Crippen LogP contribution in [0.1, 0.15) is 5.56 Å². The normalized spacial score (nSPS) is 11.0. The Kier molecular flexibility index (Phi) is 6.79. The minimum Gasteiger partial charge on any atom is -0.497 e. The van der Waals surface area contributed by atoms with E-state index in [0.717, 1.165) is 14.3 Å². The molecule has 156 valence electrons. The lowest BCUT2D eigenvalue weighted by Crippen LogP contribution is -2.38. The fourth-order valence-electron chi connectivity index (χ4n) is 2.78. The lowest BCUT2D eigenvalue weighted by atomic mass is 10.2. The molecule has 0 aliphatic heterocycles. The predicted octanol–water partition coefficient (Wildman–Crippen LogP) is 4.60. The zero-order chi connectivity index (χ0) is 21.7. The molecule has 3 aromatic carbocycles. The Morgan fingerprint density at radius 2 is 1.70 bits per heavy atom. The number of aryl methyl sites for hydroxylation is 1. The number of carbonyl (C=O) groups excluding carboxylic acids is 1. The molecule has 3 rings (SSSR count). The van der Waals surface area contributed by atoms with Crippen LogP contribution in [0.15, 0.2) is 82.2 Å². The lowest BCUT2D eigenvalue weighted by Gasteiger charge is -2.24. The van der Waals surface area contributed by atoms with Crippen LogP contribution in [0.25, 0.3) is 0 Å². The van der Waals surface area contributed by atoms with Crippen molar-refractivity contribution in [2.75, 3.05) is 23.3 Å². The molecule has 0 radical (unpaired) electrons. The molecule has 0 aromatic heterocycles. The number of methoxy groups -OCH3 is 1. The van der Waals surface area contributed by atoms with Gasteiger partial charge >= 0.3 is 0 Å². The summed E-state index contributed by atoms with van der Waals surface area (Å²) in [7, 11) is -2.48. The molecular formula is C22H21BrN2O4S. The van der Waals surface area contributed by atoms with Crippen molar-refractivity contribution in [3.05, 3.63) is 82.8 Å². The third kappa shape index (κ3) is 5.20. The number of anilines is 2. The molecule has 3 aromatic rings. The maximum absolute atomic E-state index is 13.4. The second-order valence-corrected chi connectivity index (χ2v) is 9.36. The summed E-state index contributed by atoms with van der Waals surface area (Å²) in [5.74, 6) is 0.0285. The Morgan fingerprint density at radius 1 is 1.03 bits per heavy atom. The van der Waals surface area contributed by atoms with Gasteiger partial charge in [-0.2, -0.15) is 0 Å². The maximum atomic E-state index is 13.4. The second-order valence-electron chi connectivity index (χ2n) is 6.58. The number of hydrogen-bond donors (Lipinski definition) is 1. The molecule has 0 saturated heterocycles. The SMILES string of the molecule is COc1cccc(N(CC(=O)Nc2ccc(Br)cc2)S(=O)(=O)c2ccc(C)cc2)c1. The van der Waals surface area contributed by atoms with E-state index in [1.165, 1.54) is 19.2 Å². The highest BCUT2D eigenvalue weighted by molar-refractivity contribution is 9.10. The van der Waals surface area contributed by atoms with E-state index in [9.17, 15) is 13.2 Å². The second kappa shape index (κ2) is 9.32. The van der Waals surface area contributed by atoms with E-state index in [-0.39, 0.29) is 11.4 Å². The minimum absolute atomic E-state index is 0.104. The molecule has 0 atom stereocenters. The van der Waals surface area contributed by atoms with E-state index in [4.69, 9.17) is 4.74 Å². The molecule has 0 aliphatic carbocycles. The number of hydrogen-bond acceptors (Lipinski definition) is 4. The van der Waals surface area contributed by atoms with Gasteiger partial charge in [0.2, 0.25) is 5.91 Å². The van der Waals surface area contributed by atoms with Crippen molar-refractivity contribution in [2.24, 2.45) is 0 Å². The Labute approximate surface area is 184 Å². The van der Waals surface area contributed by atoms with Gasteiger partial charge in [0.15, 0.2) is 0 Å². The van der Waals surface area contributed by atoms with Crippen LogP contribution in [0.3, 0.4) is 0 Å². The van der Waals surface area contributed by atoms with Gasteiger partial charge in [-0.05, 0) is 55.5 Å². The summed E-state index contributed by atoms with van der Waals surface area (Å²) in [4.78, 5) is 12.8. The van der Waals surface area contributed by atoms with E-state index in [2.05, 4.69) is 21.2 Å². The first-order chi connectivity index (χ1) is 14.3. The Bertz CT molecular complexity index is 1130. The van der Waals surface area contributed by atoms with Gasteiger partial charge < -0.3 is 10.1 Å². The molecule has 0 spiro atoms. The molecule has 30 heavy (non-hydrogen) atoms. The molecule has 0 unspecified atom stereocenters. The molecule has 6 nitrogen and oxygen atoms in total. The monoisotopic (exact) mass is 488 g/mol. The van der Waals surface area contributed by atoms with Crippen LogP contribution in [0.5, 0.6) is 5.75 Å². The molecular weight excluding hydrogens is 468 g/mol. The summed E-state index contributed by atoms with van der Waals surface area (Å²) < 4.78 is 33.9. The highest BCUT2D eigenvalue weighted by atomic mass is 79.9. The topological polar surface area (TPSA) is 75.7 Å². The molecule has 0 aliphatic rings. The number of benzene rings is 3. The fourth-order valence-corrected chi connectivity index (χ4v) is 4.46. The van der Waals surface area contributed by atoms with Crippen molar-refractivity contribution in [2.45, 2.75) is 11.8 Å². The van der Waals surface area contributed by atoms with Crippen LogP contribution >= 0.6 is 15.9 Å². The minimum atomic E-state index is -3.98. The van der Waals surface area contributed by atoms with Crippen LogP contribution in [0, 0.1) is 6.92 Å². The van der Waals surface area contributed by atoms with Crippen LogP contribution < -0.4 is 14.4 Å². The van der Waals surface area contributed by atoms with Crippen LogP contribution in [0.4, 0.5) is 11.4 Å². The van der Waals surface area contributed by atoms with Crippen LogP contribution in [-0.2, 0) is 14.8 Å². The summed E-state index contributed by atoms with van der Waals surface area (Å²) in [6.45, 7) is 1.49. The number of ether oxygens (including phenoxy) is 1. The van der Waals surface area contributed by atoms with Gasteiger partial charge in [-0.25, -0.2) is 8.42 Å². The quantitative estimate of drug-likeness (QED) is 0.527. The first kappa shape index (κ1) is 21.9. The first-order valence-electron chi connectivity index (χ1n) is 9.08. The van der Waals surface area contributed by atoms with Gasteiger partial charge in [0, 0.05) is 16.2 Å². The zero-order valence-electron chi connectivity index (χ0n) is 16.5. The molecule has 1 N–H and O–H groups in total. The van der Waals surface area contributed by atoms with Gasteiger partial charge in [-0.1, -0.05) is 39.7 Å². The van der Waals surface area contributed by atoms with E-state index in [0.29, 0.717) is 17.1 Å². The average Bonchev–Trinajstić information content (AvgIpc) is 2.74. The zero-order valence-corrected chi connectivity index (χ0v) is 18.9. The summed E-state index contributed by atoms with van der Waals surface area (Å²) in [5.41, 5.74) is 1.84. The van der Waals surface area contributed by atoms with Crippen molar-refractivity contribution >= 4 is 43.2 Å². The van der Waals surface area contributed by atoms with Gasteiger partial charge in [-0.3, -0.25) is 9.10 Å².